The Morgan fingerprint density at radius 2 is 2.10 bits per heavy atom. The monoisotopic (exact) mass is 299 g/mol. The van der Waals surface area contributed by atoms with Crippen LogP contribution >= 0.6 is 11.3 Å². The van der Waals surface area contributed by atoms with Crippen LogP contribution in [-0.2, 0) is 0 Å². The predicted octanol–water partition coefficient (Wildman–Crippen LogP) is 3.10. The highest BCUT2D eigenvalue weighted by Crippen LogP contribution is 2.38. The molecule has 3 aromatic rings. The number of anilines is 1. The highest BCUT2D eigenvalue weighted by atomic mass is 32.1. The summed E-state index contributed by atoms with van der Waals surface area (Å²) in [6.45, 7) is 8.53. The van der Waals surface area contributed by atoms with E-state index in [4.69, 9.17) is 0 Å². The fraction of sp³-hybridized carbons (Fsp3) is 0.467. The van der Waals surface area contributed by atoms with Crippen molar-refractivity contribution in [1.29, 1.82) is 0 Å². The van der Waals surface area contributed by atoms with E-state index < -0.39 is 0 Å². The lowest BCUT2D eigenvalue weighted by atomic mass is 10.1. The maximum Gasteiger partial charge on any atom is 0.150 e. The van der Waals surface area contributed by atoms with E-state index in [1.165, 1.54) is 12.0 Å². The average molecular weight is 299 g/mol. The number of aromatic nitrogens is 4. The number of hydrogen-bond acceptors (Lipinski definition) is 6. The van der Waals surface area contributed by atoms with Gasteiger partial charge in [-0.1, -0.05) is 6.92 Å². The summed E-state index contributed by atoms with van der Waals surface area (Å²) in [4.78, 5) is 12.4. The van der Waals surface area contributed by atoms with Gasteiger partial charge in [-0.25, -0.2) is 9.97 Å². The highest BCUT2D eigenvalue weighted by Gasteiger charge is 2.24. The smallest absolute Gasteiger partial charge is 0.150 e. The second-order valence-electron chi connectivity index (χ2n) is 5.91. The van der Waals surface area contributed by atoms with Gasteiger partial charge in [-0.15, -0.1) is 16.4 Å². The summed E-state index contributed by atoms with van der Waals surface area (Å²) in [5.41, 5.74) is 3.16. The van der Waals surface area contributed by atoms with E-state index in [1.807, 2.05) is 6.92 Å². The van der Waals surface area contributed by atoms with Crippen molar-refractivity contribution < 1.29 is 0 Å². The minimum Gasteiger partial charge on any atom is -0.355 e. The zero-order valence-electron chi connectivity index (χ0n) is 12.4. The van der Waals surface area contributed by atoms with Crippen LogP contribution in [0.2, 0.25) is 0 Å². The van der Waals surface area contributed by atoms with Gasteiger partial charge in [-0.3, -0.25) is 0 Å². The normalized spacial score (nSPS) is 19.0. The summed E-state index contributed by atoms with van der Waals surface area (Å²) in [6.07, 6.45) is 2.91. The molecule has 1 saturated heterocycles. The van der Waals surface area contributed by atoms with Gasteiger partial charge in [-0.2, -0.15) is 5.10 Å². The molecule has 0 spiro atoms. The number of nitrogens with zero attached hydrogens (tertiary/aromatic N) is 5. The molecule has 4 rings (SSSR count). The van der Waals surface area contributed by atoms with E-state index in [-0.39, 0.29) is 0 Å². The van der Waals surface area contributed by atoms with Crippen molar-refractivity contribution in [3.8, 4) is 0 Å². The summed E-state index contributed by atoms with van der Waals surface area (Å²) in [5, 5.41) is 9.72. The summed E-state index contributed by atoms with van der Waals surface area (Å²) in [6, 6.07) is 0. The third-order valence-corrected chi connectivity index (χ3v) is 5.43. The molecule has 0 amide bonds. The third-order valence-electron chi connectivity index (χ3n) is 4.37. The Hall–Kier alpha value is -1.82. The molecule has 4 heterocycles. The van der Waals surface area contributed by atoms with Crippen molar-refractivity contribution in [2.45, 2.75) is 27.2 Å². The SMILES string of the molecule is Cc1nnc2sc3c(N4CC[C@@H](C)C4)ncnc3c2c1C. The number of hydrogen-bond donors (Lipinski definition) is 0. The van der Waals surface area contributed by atoms with Crippen molar-refractivity contribution in [3.05, 3.63) is 17.6 Å². The Bertz CT molecular complexity index is 841. The molecule has 1 fully saturated rings. The van der Waals surface area contributed by atoms with Crippen molar-refractivity contribution >= 4 is 37.6 Å². The Morgan fingerprint density at radius 3 is 2.86 bits per heavy atom. The first-order valence-corrected chi connectivity index (χ1v) is 8.09. The van der Waals surface area contributed by atoms with Crippen LogP contribution in [0, 0.1) is 19.8 Å². The van der Waals surface area contributed by atoms with E-state index in [0.717, 1.165) is 51.0 Å². The maximum absolute atomic E-state index is 4.55. The second kappa shape index (κ2) is 4.59. The Morgan fingerprint density at radius 1 is 1.24 bits per heavy atom. The van der Waals surface area contributed by atoms with Gasteiger partial charge in [-0.05, 0) is 31.7 Å². The number of thiophene rings is 1. The first-order chi connectivity index (χ1) is 10.1. The molecule has 1 aliphatic heterocycles. The Kier molecular flexibility index (Phi) is 2.82. The molecule has 0 N–H and O–H groups in total. The van der Waals surface area contributed by atoms with Crippen molar-refractivity contribution in [2.75, 3.05) is 18.0 Å². The molecule has 108 valence electrons. The minimum atomic E-state index is 0.730. The van der Waals surface area contributed by atoms with E-state index >= 15 is 0 Å². The molecule has 6 heteroatoms. The van der Waals surface area contributed by atoms with Crippen LogP contribution in [0.5, 0.6) is 0 Å². The van der Waals surface area contributed by atoms with E-state index in [1.54, 1.807) is 17.7 Å². The molecule has 0 bridgehead atoms. The first kappa shape index (κ1) is 12.9. The molecule has 1 atom stereocenters. The lowest BCUT2D eigenvalue weighted by Gasteiger charge is -2.16. The zero-order chi connectivity index (χ0) is 14.6. The third kappa shape index (κ3) is 1.89. The lowest BCUT2D eigenvalue weighted by molar-refractivity contribution is 0.659. The molecule has 5 nitrogen and oxygen atoms in total. The average Bonchev–Trinajstić information content (AvgIpc) is 3.06. The summed E-state index contributed by atoms with van der Waals surface area (Å²) < 4.78 is 1.14. The largest absolute Gasteiger partial charge is 0.355 e. The minimum absolute atomic E-state index is 0.730. The van der Waals surface area contributed by atoms with Gasteiger partial charge in [0.05, 0.1) is 15.9 Å². The quantitative estimate of drug-likeness (QED) is 0.691. The summed E-state index contributed by atoms with van der Waals surface area (Å²) in [7, 11) is 0. The van der Waals surface area contributed by atoms with Crippen LogP contribution in [0.25, 0.3) is 20.4 Å². The van der Waals surface area contributed by atoms with Gasteiger partial charge in [0, 0.05) is 18.5 Å². The van der Waals surface area contributed by atoms with Crippen molar-refractivity contribution in [1.82, 2.24) is 20.2 Å². The number of fused-ring (bicyclic) bond motifs is 3. The summed E-state index contributed by atoms with van der Waals surface area (Å²) in [5.74, 6) is 1.79. The summed E-state index contributed by atoms with van der Waals surface area (Å²) >= 11 is 1.66. The van der Waals surface area contributed by atoms with Crippen LogP contribution in [0.15, 0.2) is 6.33 Å². The standard InChI is InChI=1S/C15H17N5S/c1-8-4-5-20(6-8)14-13-12(16-7-17-14)11-9(2)10(3)18-19-15(11)21-13/h7-8H,4-6H2,1-3H3/t8-/m1/s1. The Labute approximate surface area is 127 Å². The zero-order valence-corrected chi connectivity index (χ0v) is 13.2. The topological polar surface area (TPSA) is 54.8 Å². The van der Waals surface area contributed by atoms with E-state index in [2.05, 4.69) is 38.9 Å². The molecule has 0 saturated carbocycles. The Balaban J connectivity index is 2.00. The molecule has 1 aliphatic rings. The lowest BCUT2D eigenvalue weighted by Crippen LogP contribution is -2.20. The van der Waals surface area contributed by atoms with Crippen LogP contribution in [0.1, 0.15) is 24.6 Å². The highest BCUT2D eigenvalue weighted by molar-refractivity contribution is 7.26. The molecule has 3 aromatic heterocycles. The molecular weight excluding hydrogens is 282 g/mol. The molecule has 0 unspecified atom stereocenters. The predicted molar refractivity (Wildman–Crippen MR) is 86.0 cm³/mol. The van der Waals surface area contributed by atoms with Gasteiger partial charge in [0.25, 0.3) is 0 Å². The molecule has 0 aromatic carbocycles. The van der Waals surface area contributed by atoms with Gasteiger partial charge in [0.2, 0.25) is 0 Å². The molecule has 21 heavy (non-hydrogen) atoms. The van der Waals surface area contributed by atoms with Gasteiger partial charge in [0.15, 0.2) is 0 Å². The molecule has 0 aliphatic carbocycles. The van der Waals surface area contributed by atoms with Crippen LogP contribution in [-0.4, -0.2) is 33.3 Å². The van der Waals surface area contributed by atoms with E-state index in [9.17, 15) is 0 Å². The van der Waals surface area contributed by atoms with Crippen LogP contribution < -0.4 is 4.90 Å². The first-order valence-electron chi connectivity index (χ1n) is 7.27. The maximum atomic E-state index is 4.55. The number of rotatable bonds is 1. The second-order valence-corrected chi connectivity index (χ2v) is 6.91. The van der Waals surface area contributed by atoms with E-state index in [0.29, 0.717) is 0 Å². The fourth-order valence-corrected chi connectivity index (χ4v) is 4.17. The van der Waals surface area contributed by atoms with Crippen molar-refractivity contribution in [3.63, 3.8) is 0 Å². The van der Waals surface area contributed by atoms with Gasteiger partial charge < -0.3 is 4.90 Å². The van der Waals surface area contributed by atoms with Crippen LogP contribution in [0.4, 0.5) is 5.82 Å². The van der Waals surface area contributed by atoms with Crippen molar-refractivity contribution in [2.24, 2.45) is 5.92 Å². The fourth-order valence-electron chi connectivity index (χ4n) is 3.02. The van der Waals surface area contributed by atoms with Gasteiger partial charge >= 0.3 is 0 Å². The molecule has 0 radical (unpaired) electrons. The van der Waals surface area contributed by atoms with Crippen LogP contribution in [0.3, 0.4) is 0 Å². The number of aryl methyl sites for hydroxylation is 2. The molecular formula is C15H17N5S. The van der Waals surface area contributed by atoms with Gasteiger partial charge in [0.1, 0.15) is 17.0 Å².